The molecule has 0 amide bonds. The maximum absolute atomic E-state index is 9.45. The van der Waals surface area contributed by atoms with E-state index in [9.17, 15) is 5.11 Å². The molecule has 1 aromatic heterocycles. The van der Waals surface area contributed by atoms with E-state index in [-0.39, 0.29) is 6.10 Å². The lowest BCUT2D eigenvalue weighted by Crippen LogP contribution is -2.07. The molecule has 3 aromatic rings. The molecular weight excluding hydrogens is 371 g/mol. The maximum Gasteiger partial charge on any atom is 0.208 e. The molecule has 0 aliphatic rings. The van der Waals surface area contributed by atoms with Crippen molar-refractivity contribution in [2.45, 2.75) is 38.8 Å². The van der Waals surface area contributed by atoms with Gasteiger partial charge in [-0.2, -0.15) is 0 Å². The molecule has 1 unspecified atom stereocenters. The summed E-state index contributed by atoms with van der Waals surface area (Å²) >= 11 is 12.3. The summed E-state index contributed by atoms with van der Waals surface area (Å²) in [6.45, 7) is 2.55. The number of para-hydroxylation sites is 1. The van der Waals surface area contributed by atoms with Crippen LogP contribution in [0.2, 0.25) is 10.0 Å². The molecule has 1 heterocycles. The molecule has 0 bridgehead atoms. The average Bonchev–Trinajstić information content (AvgIpc) is 2.93. The first-order chi connectivity index (χ1) is 12.5. The molecule has 138 valence electrons. The number of nitrogen functional groups attached to an aromatic ring is 1. The third-order valence-electron chi connectivity index (χ3n) is 4.23. The molecule has 0 saturated carbocycles. The number of anilines is 3. The number of benzene rings is 2. The van der Waals surface area contributed by atoms with Crippen LogP contribution in [0.4, 0.5) is 17.3 Å². The van der Waals surface area contributed by atoms with Crippen molar-refractivity contribution in [2.24, 2.45) is 0 Å². The number of nitrogens with zero attached hydrogens (tertiary/aromatic N) is 2. The van der Waals surface area contributed by atoms with Gasteiger partial charge < -0.3 is 20.7 Å². The first-order valence-electron chi connectivity index (χ1n) is 8.60. The van der Waals surface area contributed by atoms with Crippen LogP contribution < -0.4 is 11.1 Å². The number of fused-ring (bicyclic) bond motifs is 1. The summed E-state index contributed by atoms with van der Waals surface area (Å²) in [5, 5.41) is 13.8. The van der Waals surface area contributed by atoms with Crippen LogP contribution in [-0.4, -0.2) is 20.8 Å². The zero-order chi connectivity index (χ0) is 18.7. The van der Waals surface area contributed by atoms with Crippen LogP contribution in [0, 0.1) is 0 Å². The van der Waals surface area contributed by atoms with E-state index in [2.05, 4.69) is 14.9 Å². The van der Waals surface area contributed by atoms with Gasteiger partial charge in [0.1, 0.15) is 0 Å². The van der Waals surface area contributed by atoms with E-state index < -0.39 is 0 Å². The smallest absolute Gasteiger partial charge is 0.208 e. The molecule has 0 fully saturated rings. The van der Waals surface area contributed by atoms with Gasteiger partial charge in [-0.3, -0.25) is 0 Å². The van der Waals surface area contributed by atoms with Crippen LogP contribution in [-0.2, 0) is 6.54 Å². The highest BCUT2D eigenvalue weighted by Gasteiger charge is 2.14. The lowest BCUT2D eigenvalue weighted by molar-refractivity contribution is 0.180. The summed E-state index contributed by atoms with van der Waals surface area (Å²) in [4.78, 5) is 4.68. The monoisotopic (exact) mass is 392 g/mol. The number of unbranched alkanes of at least 4 members (excludes halogenated alkanes) is 1. The summed E-state index contributed by atoms with van der Waals surface area (Å²) < 4.78 is 2.07. The standard InChI is InChI=1S/C19H22Cl2N4O/c1-12(26)5-2-3-10-25-18-15(22)6-4-7-17(18)24-19(25)23-16-9-8-13(20)11-14(16)21/h4,6-9,11-12,26H,2-3,5,10,22H2,1H3,(H,23,24). The zero-order valence-corrected chi connectivity index (χ0v) is 16.1. The molecular formula is C19H22Cl2N4O. The van der Waals surface area contributed by atoms with Gasteiger partial charge in [-0.25, -0.2) is 4.98 Å². The second-order valence-electron chi connectivity index (χ2n) is 6.40. The Bertz CT molecular complexity index is 908. The topological polar surface area (TPSA) is 76.1 Å². The number of nitrogens with one attached hydrogen (secondary N) is 1. The second kappa shape index (κ2) is 8.16. The molecule has 0 aliphatic carbocycles. The number of rotatable bonds is 7. The highest BCUT2D eigenvalue weighted by molar-refractivity contribution is 6.36. The minimum Gasteiger partial charge on any atom is -0.397 e. The minimum absolute atomic E-state index is 0.287. The fourth-order valence-electron chi connectivity index (χ4n) is 2.95. The van der Waals surface area contributed by atoms with E-state index in [0.717, 1.165) is 42.5 Å². The third kappa shape index (κ3) is 4.23. The molecule has 0 radical (unpaired) electrons. The molecule has 26 heavy (non-hydrogen) atoms. The quantitative estimate of drug-likeness (QED) is 0.380. The van der Waals surface area contributed by atoms with Gasteiger partial charge >= 0.3 is 0 Å². The van der Waals surface area contributed by atoms with Crippen LogP contribution in [0.15, 0.2) is 36.4 Å². The van der Waals surface area contributed by atoms with Crippen LogP contribution in [0.25, 0.3) is 11.0 Å². The van der Waals surface area contributed by atoms with Gasteiger partial charge in [0.15, 0.2) is 0 Å². The molecule has 0 aliphatic heterocycles. The Kier molecular flexibility index (Phi) is 5.91. The van der Waals surface area contributed by atoms with Gasteiger partial charge in [-0.05, 0) is 56.5 Å². The Morgan fingerprint density at radius 1 is 1.23 bits per heavy atom. The van der Waals surface area contributed by atoms with E-state index in [1.807, 2.05) is 24.3 Å². The Morgan fingerprint density at radius 2 is 2.04 bits per heavy atom. The van der Waals surface area contributed by atoms with Crippen molar-refractivity contribution in [2.75, 3.05) is 11.1 Å². The molecule has 0 saturated heterocycles. The van der Waals surface area contributed by atoms with Crippen molar-refractivity contribution in [1.29, 1.82) is 0 Å². The van der Waals surface area contributed by atoms with Gasteiger partial charge in [0.25, 0.3) is 0 Å². The van der Waals surface area contributed by atoms with Gasteiger partial charge in [0.2, 0.25) is 5.95 Å². The van der Waals surface area contributed by atoms with E-state index in [1.165, 1.54) is 0 Å². The van der Waals surface area contributed by atoms with Gasteiger partial charge in [-0.15, -0.1) is 0 Å². The van der Waals surface area contributed by atoms with Gasteiger partial charge in [0, 0.05) is 11.6 Å². The molecule has 5 nitrogen and oxygen atoms in total. The molecule has 4 N–H and O–H groups in total. The number of imidazole rings is 1. The predicted octanol–water partition coefficient (Wildman–Crippen LogP) is 5.22. The summed E-state index contributed by atoms with van der Waals surface area (Å²) in [7, 11) is 0. The fourth-order valence-corrected chi connectivity index (χ4v) is 3.40. The normalized spacial score (nSPS) is 12.5. The number of halogens is 2. The zero-order valence-electron chi connectivity index (χ0n) is 14.5. The number of nitrogens with two attached hydrogens (primary N) is 1. The van der Waals surface area contributed by atoms with Crippen molar-refractivity contribution in [3.05, 3.63) is 46.4 Å². The first kappa shape index (κ1) is 18.8. The summed E-state index contributed by atoms with van der Waals surface area (Å²) in [6.07, 6.45) is 2.32. The summed E-state index contributed by atoms with van der Waals surface area (Å²) in [5.74, 6) is 0.680. The number of aliphatic hydroxyl groups is 1. The minimum atomic E-state index is -0.287. The fraction of sp³-hybridized carbons (Fsp3) is 0.316. The highest BCUT2D eigenvalue weighted by atomic mass is 35.5. The summed E-state index contributed by atoms with van der Waals surface area (Å²) in [6, 6.07) is 11.0. The number of aryl methyl sites for hydroxylation is 1. The molecule has 3 rings (SSSR count). The molecule has 2 aromatic carbocycles. The van der Waals surface area contributed by atoms with E-state index >= 15 is 0 Å². The third-order valence-corrected chi connectivity index (χ3v) is 4.78. The van der Waals surface area contributed by atoms with Gasteiger partial charge in [-0.1, -0.05) is 29.3 Å². The number of hydrogen-bond acceptors (Lipinski definition) is 4. The Hall–Kier alpha value is -1.95. The van der Waals surface area contributed by atoms with Crippen molar-refractivity contribution in [3.8, 4) is 0 Å². The second-order valence-corrected chi connectivity index (χ2v) is 7.24. The van der Waals surface area contributed by atoms with Crippen LogP contribution in [0.5, 0.6) is 0 Å². The molecule has 7 heteroatoms. The predicted molar refractivity (Wildman–Crippen MR) is 109 cm³/mol. The largest absolute Gasteiger partial charge is 0.397 e. The van der Waals surface area contributed by atoms with Gasteiger partial charge in [0.05, 0.1) is 33.5 Å². The Balaban J connectivity index is 1.92. The van der Waals surface area contributed by atoms with Crippen molar-refractivity contribution < 1.29 is 5.11 Å². The van der Waals surface area contributed by atoms with Crippen LogP contribution in [0.1, 0.15) is 26.2 Å². The first-order valence-corrected chi connectivity index (χ1v) is 9.36. The number of aromatic nitrogens is 2. The molecule has 1 atom stereocenters. The average molecular weight is 393 g/mol. The SMILES string of the molecule is CC(O)CCCCn1c(Nc2ccc(Cl)cc2Cl)nc2cccc(N)c21. The van der Waals surface area contributed by atoms with Crippen molar-refractivity contribution in [1.82, 2.24) is 9.55 Å². The lowest BCUT2D eigenvalue weighted by Gasteiger charge is -2.13. The van der Waals surface area contributed by atoms with Crippen LogP contribution in [0.3, 0.4) is 0 Å². The van der Waals surface area contributed by atoms with E-state index in [0.29, 0.717) is 21.7 Å². The number of hydrogen-bond donors (Lipinski definition) is 3. The Morgan fingerprint density at radius 3 is 2.77 bits per heavy atom. The van der Waals surface area contributed by atoms with E-state index in [4.69, 9.17) is 28.9 Å². The van der Waals surface area contributed by atoms with E-state index in [1.54, 1.807) is 19.1 Å². The highest BCUT2D eigenvalue weighted by Crippen LogP contribution is 2.31. The number of aliphatic hydroxyl groups excluding tert-OH is 1. The maximum atomic E-state index is 9.45. The molecule has 0 spiro atoms. The lowest BCUT2D eigenvalue weighted by atomic mass is 10.2. The van der Waals surface area contributed by atoms with Crippen molar-refractivity contribution >= 4 is 51.6 Å². The van der Waals surface area contributed by atoms with Crippen LogP contribution >= 0.6 is 23.2 Å². The summed E-state index contributed by atoms with van der Waals surface area (Å²) in [5.41, 5.74) is 9.33. The Labute approximate surface area is 162 Å². The van der Waals surface area contributed by atoms with Crippen molar-refractivity contribution in [3.63, 3.8) is 0 Å².